The van der Waals surface area contributed by atoms with E-state index < -0.39 is 5.82 Å². The Labute approximate surface area is 113 Å². The minimum Gasteiger partial charge on any atom is -0.302 e. The lowest BCUT2D eigenvalue weighted by Gasteiger charge is -2.02. The van der Waals surface area contributed by atoms with Crippen LogP contribution in [0.1, 0.15) is 23.2 Å². The molecule has 2 rings (SSSR count). The number of carbonyl (C=O) groups excluding carboxylic acids is 2. The van der Waals surface area contributed by atoms with Gasteiger partial charge in [0.05, 0.1) is 0 Å². The first kappa shape index (κ1) is 13.4. The summed E-state index contributed by atoms with van der Waals surface area (Å²) < 4.78 is 12.7. The molecule has 1 aromatic heterocycles. The predicted octanol–water partition coefficient (Wildman–Crippen LogP) is 2.88. The number of anilines is 1. The van der Waals surface area contributed by atoms with Crippen molar-refractivity contribution in [2.45, 2.75) is 12.8 Å². The lowest BCUT2D eigenvalue weighted by molar-refractivity contribution is -0.116. The maximum Gasteiger partial charge on any atom is 0.226 e. The van der Waals surface area contributed by atoms with E-state index in [0.29, 0.717) is 10.7 Å². The number of carbonyl (C=O) groups is 2. The van der Waals surface area contributed by atoms with Crippen LogP contribution < -0.4 is 5.32 Å². The summed E-state index contributed by atoms with van der Waals surface area (Å²) in [5.41, 5.74) is 0.406. The normalized spacial score (nSPS) is 10.2. The molecule has 0 saturated heterocycles. The lowest BCUT2D eigenvalue weighted by atomic mass is 10.1. The molecule has 0 radical (unpaired) electrons. The Bertz CT molecular complexity index is 567. The standard InChI is InChI=1S/C13H11FN2O2S/c14-10-3-1-9(2-4-10)11(17)5-6-12(18)16-13-15-7-8-19-13/h1-4,7-8H,5-6H2,(H,15,16,18). The van der Waals surface area contributed by atoms with Gasteiger partial charge in [-0.1, -0.05) is 0 Å². The molecular formula is C13H11FN2O2S. The molecule has 0 bridgehead atoms. The number of thiazole rings is 1. The molecule has 1 heterocycles. The van der Waals surface area contributed by atoms with Gasteiger partial charge in [-0.25, -0.2) is 9.37 Å². The summed E-state index contributed by atoms with van der Waals surface area (Å²) in [4.78, 5) is 27.2. The Balaban J connectivity index is 1.83. The van der Waals surface area contributed by atoms with Crippen molar-refractivity contribution in [3.63, 3.8) is 0 Å². The first-order valence-corrected chi connectivity index (χ1v) is 6.51. The molecule has 0 unspecified atom stereocenters. The van der Waals surface area contributed by atoms with Crippen molar-refractivity contribution in [3.05, 3.63) is 47.2 Å². The molecule has 19 heavy (non-hydrogen) atoms. The van der Waals surface area contributed by atoms with Crippen LogP contribution in [0, 0.1) is 5.82 Å². The van der Waals surface area contributed by atoms with Crippen LogP contribution in [0.15, 0.2) is 35.8 Å². The summed E-state index contributed by atoms with van der Waals surface area (Å²) in [6.07, 6.45) is 1.75. The molecule has 0 fully saturated rings. The van der Waals surface area contributed by atoms with Gasteiger partial charge in [-0.05, 0) is 24.3 Å². The van der Waals surface area contributed by atoms with Gasteiger partial charge in [0.1, 0.15) is 5.82 Å². The highest BCUT2D eigenvalue weighted by Gasteiger charge is 2.10. The van der Waals surface area contributed by atoms with Crippen molar-refractivity contribution in [2.75, 3.05) is 5.32 Å². The van der Waals surface area contributed by atoms with E-state index >= 15 is 0 Å². The molecule has 0 saturated carbocycles. The molecule has 0 aliphatic heterocycles. The topological polar surface area (TPSA) is 59.1 Å². The third kappa shape index (κ3) is 3.96. The third-order valence-electron chi connectivity index (χ3n) is 2.42. The van der Waals surface area contributed by atoms with Crippen molar-refractivity contribution in [1.82, 2.24) is 4.98 Å². The highest BCUT2D eigenvalue weighted by molar-refractivity contribution is 7.13. The van der Waals surface area contributed by atoms with E-state index in [2.05, 4.69) is 10.3 Å². The summed E-state index contributed by atoms with van der Waals surface area (Å²) in [6, 6.07) is 5.28. The number of nitrogens with zero attached hydrogens (tertiary/aromatic N) is 1. The van der Waals surface area contributed by atoms with Crippen LogP contribution in [-0.4, -0.2) is 16.7 Å². The van der Waals surface area contributed by atoms with Crippen molar-refractivity contribution < 1.29 is 14.0 Å². The number of nitrogens with one attached hydrogen (secondary N) is 1. The maximum atomic E-state index is 12.7. The second-order valence-electron chi connectivity index (χ2n) is 3.82. The quantitative estimate of drug-likeness (QED) is 0.855. The molecule has 1 amide bonds. The predicted molar refractivity (Wildman–Crippen MR) is 70.7 cm³/mol. The zero-order valence-electron chi connectivity index (χ0n) is 9.93. The highest BCUT2D eigenvalue weighted by Crippen LogP contribution is 2.12. The number of hydrogen-bond acceptors (Lipinski definition) is 4. The van der Waals surface area contributed by atoms with E-state index in [1.807, 2.05) is 0 Å². The number of Topliss-reactive ketones (excluding diaryl/α,β-unsaturated/α-hetero) is 1. The molecule has 4 nitrogen and oxygen atoms in total. The fourth-order valence-corrected chi connectivity index (χ4v) is 2.02. The van der Waals surface area contributed by atoms with Gasteiger partial charge < -0.3 is 5.32 Å². The molecular weight excluding hydrogens is 267 g/mol. The monoisotopic (exact) mass is 278 g/mol. The van der Waals surface area contributed by atoms with Crippen LogP contribution in [0.5, 0.6) is 0 Å². The summed E-state index contributed by atoms with van der Waals surface area (Å²) in [6.45, 7) is 0. The van der Waals surface area contributed by atoms with E-state index in [1.54, 1.807) is 11.6 Å². The molecule has 6 heteroatoms. The number of hydrogen-bond donors (Lipinski definition) is 1. The van der Waals surface area contributed by atoms with Crippen molar-refractivity contribution in [2.24, 2.45) is 0 Å². The number of rotatable bonds is 5. The van der Waals surface area contributed by atoms with Gasteiger partial charge in [0.25, 0.3) is 0 Å². The lowest BCUT2D eigenvalue weighted by Crippen LogP contribution is -2.13. The van der Waals surface area contributed by atoms with Crippen LogP contribution in [0.2, 0.25) is 0 Å². The average Bonchev–Trinajstić information content (AvgIpc) is 2.89. The fraction of sp³-hybridized carbons (Fsp3) is 0.154. The largest absolute Gasteiger partial charge is 0.302 e. The van der Waals surface area contributed by atoms with Gasteiger partial charge in [0, 0.05) is 30.0 Å². The first-order valence-electron chi connectivity index (χ1n) is 5.63. The summed E-state index contributed by atoms with van der Waals surface area (Å²) >= 11 is 1.31. The molecule has 98 valence electrons. The third-order valence-corrected chi connectivity index (χ3v) is 3.11. The Hall–Kier alpha value is -2.08. The van der Waals surface area contributed by atoms with Crippen molar-refractivity contribution >= 4 is 28.2 Å². The Kier molecular flexibility index (Phi) is 4.35. The number of ketones is 1. The van der Waals surface area contributed by atoms with Gasteiger partial charge in [0.2, 0.25) is 5.91 Å². The molecule has 2 aromatic rings. The van der Waals surface area contributed by atoms with Crippen molar-refractivity contribution in [1.29, 1.82) is 0 Å². The average molecular weight is 278 g/mol. The second-order valence-corrected chi connectivity index (χ2v) is 4.71. The number of aromatic nitrogens is 1. The molecule has 1 aromatic carbocycles. The molecule has 1 N–H and O–H groups in total. The van der Waals surface area contributed by atoms with Gasteiger partial charge in [-0.15, -0.1) is 11.3 Å². The van der Waals surface area contributed by atoms with Crippen LogP contribution in [0.4, 0.5) is 9.52 Å². The number of amides is 1. The number of benzene rings is 1. The molecule has 0 atom stereocenters. The van der Waals surface area contributed by atoms with E-state index in [0.717, 1.165) is 0 Å². The van der Waals surface area contributed by atoms with Crippen LogP contribution in [-0.2, 0) is 4.79 Å². The molecule has 0 aliphatic carbocycles. The van der Waals surface area contributed by atoms with E-state index in [1.165, 1.54) is 35.6 Å². The van der Waals surface area contributed by atoms with Gasteiger partial charge in [-0.2, -0.15) is 0 Å². The SMILES string of the molecule is O=C(CCC(=O)c1ccc(F)cc1)Nc1nccs1. The molecule has 0 aliphatic rings. The van der Waals surface area contributed by atoms with Gasteiger partial charge in [-0.3, -0.25) is 9.59 Å². The Morgan fingerprint density at radius 3 is 2.58 bits per heavy atom. The van der Waals surface area contributed by atoms with Crippen LogP contribution in [0.25, 0.3) is 0 Å². The second kappa shape index (κ2) is 6.19. The summed E-state index contributed by atoms with van der Waals surface area (Å²) in [5.74, 6) is -0.835. The minimum absolute atomic E-state index is 0.0792. The van der Waals surface area contributed by atoms with E-state index in [9.17, 15) is 14.0 Å². The highest BCUT2D eigenvalue weighted by atomic mass is 32.1. The zero-order valence-corrected chi connectivity index (χ0v) is 10.7. The number of halogens is 1. The van der Waals surface area contributed by atoms with Gasteiger partial charge in [0.15, 0.2) is 10.9 Å². The molecule has 0 spiro atoms. The van der Waals surface area contributed by atoms with Crippen LogP contribution >= 0.6 is 11.3 Å². The minimum atomic E-state index is -0.391. The van der Waals surface area contributed by atoms with Gasteiger partial charge >= 0.3 is 0 Å². The fourth-order valence-electron chi connectivity index (χ4n) is 1.47. The first-order chi connectivity index (χ1) is 9.15. The summed E-state index contributed by atoms with van der Waals surface area (Å²) in [7, 11) is 0. The van der Waals surface area contributed by atoms with Crippen LogP contribution in [0.3, 0.4) is 0 Å². The maximum absolute atomic E-state index is 12.7. The van der Waals surface area contributed by atoms with E-state index in [4.69, 9.17) is 0 Å². The summed E-state index contributed by atoms with van der Waals surface area (Å²) in [5, 5.41) is 4.86. The zero-order chi connectivity index (χ0) is 13.7. The Morgan fingerprint density at radius 2 is 1.95 bits per heavy atom. The van der Waals surface area contributed by atoms with E-state index in [-0.39, 0.29) is 24.5 Å². The smallest absolute Gasteiger partial charge is 0.226 e. The Morgan fingerprint density at radius 1 is 1.21 bits per heavy atom. The van der Waals surface area contributed by atoms with Crippen molar-refractivity contribution in [3.8, 4) is 0 Å².